The summed E-state index contributed by atoms with van der Waals surface area (Å²) in [5.41, 5.74) is 5.51. The number of aryl methyl sites for hydroxylation is 3. The van der Waals surface area contributed by atoms with Crippen molar-refractivity contribution in [3.63, 3.8) is 0 Å². The van der Waals surface area contributed by atoms with Crippen molar-refractivity contribution in [1.82, 2.24) is 4.98 Å². The maximum absolute atomic E-state index is 10.0. The van der Waals surface area contributed by atoms with E-state index in [1.54, 1.807) is 0 Å². The van der Waals surface area contributed by atoms with Crippen molar-refractivity contribution in [1.29, 1.82) is 0 Å². The summed E-state index contributed by atoms with van der Waals surface area (Å²) in [6.07, 6.45) is 0. The molecule has 0 amide bonds. The van der Waals surface area contributed by atoms with Crippen molar-refractivity contribution < 1.29 is 5.11 Å². The van der Waals surface area contributed by atoms with Crippen LogP contribution in [-0.2, 0) is 0 Å². The molecule has 1 heterocycles. The summed E-state index contributed by atoms with van der Waals surface area (Å²) in [6, 6.07) is 11.9. The van der Waals surface area contributed by atoms with Gasteiger partial charge in [0.15, 0.2) is 5.69 Å². The first-order valence-electron chi connectivity index (χ1n) is 6.85. The predicted octanol–water partition coefficient (Wildman–Crippen LogP) is 5.21. The fourth-order valence-corrected chi connectivity index (χ4v) is 2.40. The molecule has 0 saturated carbocycles. The number of aromatic hydroxyl groups is 1. The zero-order chi connectivity index (χ0) is 15.0. The summed E-state index contributed by atoms with van der Waals surface area (Å²) < 4.78 is 0. The third kappa shape index (κ3) is 2.52. The van der Waals surface area contributed by atoms with Crippen molar-refractivity contribution in [3.05, 3.63) is 53.1 Å². The van der Waals surface area contributed by atoms with Gasteiger partial charge in [-0.3, -0.25) is 0 Å². The molecule has 0 fully saturated rings. The second-order valence-electron chi connectivity index (χ2n) is 5.36. The quantitative estimate of drug-likeness (QED) is 0.621. The number of nitrogens with zero attached hydrogens (tertiary/aromatic N) is 2. The molecule has 1 aromatic heterocycles. The Hall–Kier alpha value is -2.62. The molecule has 3 aromatic rings. The minimum absolute atomic E-state index is 0.0455. The van der Waals surface area contributed by atoms with Gasteiger partial charge in [0.25, 0.3) is 0 Å². The number of hydrogen-bond acceptors (Lipinski definition) is 3. The van der Waals surface area contributed by atoms with Crippen molar-refractivity contribution in [3.8, 4) is 5.88 Å². The van der Waals surface area contributed by atoms with Crippen molar-refractivity contribution >= 4 is 22.3 Å². The highest BCUT2D eigenvalue weighted by Crippen LogP contribution is 2.37. The van der Waals surface area contributed by atoms with Gasteiger partial charge in [0.05, 0.1) is 11.2 Å². The van der Waals surface area contributed by atoms with Gasteiger partial charge in [0.2, 0.25) is 5.88 Å². The van der Waals surface area contributed by atoms with E-state index >= 15 is 0 Å². The van der Waals surface area contributed by atoms with E-state index in [1.165, 1.54) is 5.56 Å². The van der Waals surface area contributed by atoms with Gasteiger partial charge in [0.1, 0.15) is 0 Å². The maximum Gasteiger partial charge on any atom is 0.218 e. The van der Waals surface area contributed by atoms with E-state index < -0.39 is 0 Å². The van der Waals surface area contributed by atoms with Gasteiger partial charge in [-0.25, -0.2) is 0 Å². The van der Waals surface area contributed by atoms with Crippen LogP contribution in [-0.4, -0.2) is 10.1 Å². The number of aromatic amines is 1. The second kappa shape index (κ2) is 5.05. The topological polar surface area (TPSA) is 60.7 Å². The van der Waals surface area contributed by atoms with Crippen LogP contribution < -0.4 is 0 Å². The number of hydrogen-bond donors (Lipinski definition) is 2. The first-order chi connectivity index (χ1) is 10.0. The zero-order valence-electron chi connectivity index (χ0n) is 12.3. The molecule has 3 rings (SSSR count). The maximum atomic E-state index is 10.0. The Morgan fingerprint density at radius 2 is 1.62 bits per heavy atom. The van der Waals surface area contributed by atoms with E-state index in [9.17, 15) is 5.11 Å². The standard InChI is InChI=1S/C17H17N3O/c1-10-4-6-14(12(3)8-10)19-20-16-13-9-11(2)5-7-15(13)18-17(16)21/h4-9,18,21H,1-3H3. The van der Waals surface area contributed by atoms with Crippen LogP contribution in [0, 0.1) is 20.8 Å². The average Bonchev–Trinajstić information content (AvgIpc) is 2.73. The fourth-order valence-electron chi connectivity index (χ4n) is 2.40. The van der Waals surface area contributed by atoms with E-state index in [-0.39, 0.29) is 5.88 Å². The summed E-state index contributed by atoms with van der Waals surface area (Å²) in [7, 11) is 0. The Morgan fingerprint density at radius 3 is 2.38 bits per heavy atom. The average molecular weight is 279 g/mol. The lowest BCUT2D eigenvalue weighted by molar-refractivity contribution is 0.459. The first-order valence-corrected chi connectivity index (χ1v) is 6.85. The molecular weight excluding hydrogens is 262 g/mol. The van der Waals surface area contributed by atoms with E-state index in [0.717, 1.165) is 27.7 Å². The third-order valence-electron chi connectivity index (χ3n) is 3.52. The molecule has 106 valence electrons. The Bertz CT molecular complexity index is 847. The lowest BCUT2D eigenvalue weighted by Gasteiger charge is -2.00. The lowest BCUT2D eigenvalue weighted by Crippen LogP contribution is -1.76. The molecule has 0 radical (unpaired) electrons. The first kappa shape index (κ1) is 13.4. The highest BCUT2D eigenvalue weighted by Gasteiger charge is 2.10. The van der Waals surface area contributed by atoms with E-state index in [4.69, 9.17) is 0 Å². The molecule has 0 unspecified atom stereocenters. The lowest BCUT2D eigenvalue weighted by atomic mass is 10.1. The van der Waals surface area contributed by atoms with Crippen LogP contribution in [0.4, 0.5) is 11.4 Å². The minimum atomic E-state index is 0.0455. The van der Waals surface area contributed by atoms with Crippen molar-refractivity contribution in [2.75, 3.05) is 0 Å². The highest BCUT2D eigenvalue weighted by molar-refractivity contribution is 5.94. The molecule has 0 aliphatic heterocycles. The summed E-state index contributed by atoms with van der Waals surface area (Å²) in [6.45, 7) is 6.05. The Labute approximate surface area is 123 Å². The normalized spacial score (nSPS) is 11.6. The van der Waals surface area contributed by atoms with Gasteiger partial charge < -0.3 is 10.1 Å². The Balaban J connectivity index is 2.06. The van der Waals surface area contributed by atoms with Crippen LogP contribution in [0.1, 0.15) is 16.7 Å². The molecule has 21 heavy (non-hydrogen) atoms. The fraction of sp³-hybridized carbons (Fsp3) is 0.176. The molecule has 0 aliphatic rings. The highest BCUT2D eigenvalue weighted by atomic mass is 16.3. The number of azo groups is 1. The SMILES string of the molecule is Cc1ccc(N=Nc2c(O)[nH]c3ccc(C)cc23)c(C)c1. The van der Waals surface area contributed by atoms with Crippen LogP contribution in [0.25, 0.3) is 10.9 Å². The van der Waals surface area contributed by atoms with Gasteiger partial charge in [0, 0.05) is 5.39 Å². The van der Waals surface area contributed by atoms with Gasteiger partial charge in [-0.15, -0.1) is 5.11 Å². The van der Waals surface area contributed by atoms with Gasteiger partial charge in [-0.2, -0.15) is 5.11 Å². The number of fused-ring (bicyclic) bond motifs is 1. The second-order valence-corrected chi connectivity index (χ2v) is 5.36. The van der Waals surface area contributed by atoms with Gasteiger partial charge in [-0.05, 0) is 44.5 Å². The van der Waals surface area contributed by atoms with Crippen LogP contribution >= 0.6 is 0 Å². The number of H-pyrrole nitrogens is 1. The molecule has 2 N–H and O–H groups in total. The molecule has 4 heteroatoms. The molecular formula is C17H17N3O. The number of benzene rings is 2. The number of aromatic nitrogens is 1. The monoisotopic (exact) mass is 279 g/mol. The number of rotatable bonds is 2. The van der Waals surface area contributed by atoms with E-state index in [0.29, 0.717) is 5.69 Å². The molecule has 0 aliphatic carbocycles. The Morgan fingerprint density at radius 1 is 0.905 bits per heavy atom. The molecule has 2 aromatic carbocycles. The predicted molar refractivity (Wildman–Crippen MR) is 84.8 cm³/mol. The summed E-state index contributed by atoms with van der Waals surface area (Å²) in [4.78, 5) is 2.92. The van der Waals surface area contributed by atoms with Crippen LogP contribution in [0.5, 0.6) is 5.88 Å². The van der Waals surface area contributed by atoms with Crippen LogP contribution in [0.3, 0.4) is 0 Å². The molecule has 4 nitrogen and oxygen atoms in total. The zero-order valence-corrected chi connectivity index (χ0v) is 12.3. The van der Waals surface area contributed by atoms with Crippen molar-refractivity contribution in [2.24, 2.45) is 10.2 Å². The smallest absolute Gasteiger partial charge is 0.218 e. The molecule has 0 atom stereocenters. The largest absolute Gasteiger partial charge is 0.493 e. The van der Waals surface area contributed by atoms with E-state index in [2.05, 4.69) is 21.3 Å². The molecule has 0 saturated heterocycles. The van der Waals surface area contributed by atoms with E-state index in [1.807, 2.05) is 51.1 Å². The Kier molecular flexibility index (Phi) is 3.22. The van der Waals surface area contributed by atoms with Crippen LogP contribution in [0.15, 0.2) is 46.6 Å². The summed E-state index contributed by atoms with van der Waals surface area (Å²) in [5.74, 6) is 0.0455. The van der Waals surface area contributed by atoms with Crippen LogP contribution in [0.2, 0.25) is 0 Å². The summed E-state index contributed by atoms with van der Waals surface area (Å²) in [5, 5.41) is 19.4. The molecule has 0 spiro atoms. The number of nitrogens with one attached hydrogen (secondary N) is 1. The van der Waals surface area contributed by atoms with Crippen molar-refractivity contribution in [2.45, 2.75) is 20.8 Å². The van der Waals surface area contributed by atoms with Gasteiger partial charge in [-0.1, -0.05) is 29.3 Å². The van der Waals surface area contributed by atoms with Gasteiger partial charge >= 0.3 is 0 Å². The minimum Gasteiger partial charge on any atom is -0.493 e. The summed E-state index contributed by atoms with van der Waals surface area (Å²) >= 11 is 0. The third-order valence-corrected chi connectivity index (χ3v) is 3.52. The molecule has 0 bridgehead atoms.